The van der Waals surface area contributed by atoms with Crippen molar-refractivity contribution in [1.29, 1.82) is 0 Å². The van der Waals surface area contributed by atoms with Crippen LogP contribution < -0.4 is 4.74 Å². The van der Waals surface area contributed by atoms with Crippen LogP contribution in [0.25, 0.3) is 6.08 Å². The molecular formula is C15H8BrNO4. The van der Waals surface area contributed by atoms with Crippen LogP contribution in [-0.2, 0) is 0 Å². The standard InChI is InChI=1S/C15H8BrNO4/c16-10-3-6-13-12(8-10)15(18)14(21-13)7-9-1-4-11(5-2-9)17(19)20/h1-8H. The summed E-state index contributed by atoms with van der Waals surface area (Å²) in [7, 11) is 0. The lowest BCUT2D eigenvalue weighted by Crippen LogP contribution is -1.98. The van der Waals surface area contributed by atoms with Crippen LogP contribution in [0.5, 0.6) is 5.75 Å². The van der Waals surface area contributed by atoms with Gasteiger partial charge in [-0.15, -0.1) is 0 Å². The molecule has 0 atom stereocenters. The van der Waals surface area contributed by atoms with E-state index in [1.807, 2.05) is 0 Å². The number of nitro groups is 1. The molecule has 0 radical (unpaired) electrons. The third kappa shape index (κ3) is 2.57. The molecule has 0 aromatic heterocycles. The molecule has 0 spiro atoms. The molecule has 5 nitrogen and oxygen atoms in total. The van der Waals surface area contributed by atoms with Crippen LogP contribution in [0.1, 0.15) is 15.9 Å². The van der Waals surface area contributed by atoms with Gasteiger partial charge in [0.05, 0.1) is 10.5 Å². The molecule has 1 heterocycles. The van der Waals surface area contributed by atoms with Crippen molar-refractivity contribution >= 4 is 33.5 Å². The van der Waals surface area contributed by atoms with Crippen LogP contribution in [0.2, 0.25) is 0 Å². The van der Waals surface area contributed by atoms with E-state index in [2.05, 4.69) is 15.9 Å². The van der Waals surface area contributed by atoms with Gasteiger partial charge < -0.3 is 4.74 Å². The summed E-state index contributed by atoms with van der Waals surface area (Å²) in [4.78, 5) is 22.3. The zero-order chi connectivity index (χ0) is 15.0. The summed E-state index contributed by atoms with van der Waals surface area (Å²) in [6.07, 6.45) is 1.57. The largest absolute Gasteiger partial charge is 0.452 e. The summed E-state index contributed by atoms with van der Waals surface area (Å²) in [6.45, 7) is 0. The Balaban J connectivity index is 1.92. The highest BCUT2D eigenvalue weighted by Crippen LogP contribution is 2.33. The molecular weight excluding hydrogens is 338 g/mol. The number of fused-ring (bicyclic) bond motifs is 1. The molecule has 0 saturated carbocycles. The number of halogens is 1. The average Bonchev–Trinajstić information content (AvgIpc) is 2.76. The monoisotopic (exact) mass is 345 g/mol. The molecule has 0 N–H and O–H groups in total. The molecule has 1 aliphatic heterocycles. The summed E-state index contributed by atoms with van der Waals surface area (Å²) >= 11 is 3.31. The molecule has 104 valence electrons. The summed E-state index contributed by atoms with van der Waals surface area (Å²) < 4.78 is 6.31. The molecule has 1 aliphatic rings. The van der Waals surface area contributed by atoms with E-state index in [1.165, 1.54) is 12.1 Å². The van der Waals surface area contributed by atoms with E-state index in [4.69, 9.17) is 4.74 Å². The zero-order valence-electron chi connectivity index (χ0n) is 10.6. The Morgan fingerprint density at radius 3 is 2.52 bits per heavy atom. The third-order valence-electron chi connectivity index (χ3n) is 3.03. The van der Waals surface area contributed by atoms with Crippen LogP contribution in [0.3, 0.4) is 0 Å². The number of rotatable bonds is 2. The lowest BCUT2D eigenvalue weighted by Gasteiger charge is -1.98. The van der Waals surface area contributed by atoms with Crippen LogP contribution in [-0.4, -0.2) is 10.7 Å². The number of hydrogen-bond donors (Lipinski definition) is 0. The number of nitro benzene ring substituents is 1. The van der Waals surface area contributed by atoms with Gasteiger partial charge in [0.2, 0.25) is 5.78 Å². The first-order chi connectivity index (χ1) is 10.0. The fourth-order valence-corrected chi connectivity index (χ4v) is 2.37. The molecule has 0 saturated heterocycles. The number of carbonyl (C=O) groups is 1. The van der Waals surface area contributed by atoms with Gasteiger partial charge >= 0.3 is 0 Å². The summed E-state index contributed by atoms with van der Waals surface area (Å²) in [6, 6.07) is 11.1. The summed E-state index contributed by atoms with van der Waals surface area (Å²) in [5, 5.41) is 10.6. The lowest BCUT2D eigenvalue weighted by molar-refractivity contribution is -0.384. The van der Waals surface area contributed by atoms with E-state index in [1.54, 1.807) is 36.4 Å². The normalized spacial score (nSPS) is 14.9. The van der Waals surface area contributed by atoms with E-state index in [9.17, 15) is 14.9 Å². The fourth-order valence-electron chi connectivity index (χ4n) is 2.00. The van der Waals surface area contributed by atoms with E-state index >= 15 is 0 Å². The van der Waals surface area contributed by atoms with Gasteiger partial charge in [0, 0.05) is 16.6 Å². The Hall–Kier alpha value is -2.47. The number of carbonyl (C=O) groups excluding carboxylic acids is 1. The van der Waals surface area contributed by atoms with E-state index in [0.717, 1.165) is 4.47 Å². The van der Waals surface area contributed by atoms with Crippen LogP contribution >= 0.6 is 15.9 Å². The number of hydrogen-bond acceptors (Lipinski definition) is 4. The SMILES string of the molecule is O=C1C(=Cc2ccc([N+](=O)[O-])cc2)Oc2ccc(Br)cc21. The van der Waals surface area contributed by atoms with Crippen molar-refractivity contribution in [2.75, 3.05) is 0 Å². The molecule has 6 heteroatoms. The Bertz CT molecular complexity index is 781. The molecule has 2 aromatic carbocycles. The number of benzene rings is 2. The van der Waals surface area contributed by atoms with Gasteiger partial charge in [-0.2, -0.15) is 0 Å². The molecule has 3 rings (SSSR count). The van der Waals surface area contributed by atoms with Crippen LogP contribution in [0.15, 0.2) is 52.7 Å². The molecule has 0 bridgehead atoms. The smallest absolute Gasteiger partial charge is 0.269 e. The molecule has 21 heavy (non-hydrogen) atoms. The minimum absolute atomic E-state index is 0.00281. The molecule has 0 amide bonds. The molecule has 0 unspecified atom stereocenters. The first-order valence-corrected chi connectivity index (χ1v) is 6.82. The highest BCUT2D eigenvalue weighted by Gasteiger charge is 2.27. The number of non-ortho nitro benzene ring substituents is 1. The zero-order valence-corrected chi connectivity index (χ0v) is 12.2. The van der Waals surface area contributed by atoms with Crippen molar-refractivity contribution < 1.29 is 14.5 Å². The quantitative estimate of drug-likeness (QED) is 0.469. The topological polar surface area (TPSA) is 69.4 Å². The van der Waals surface area contributed by atoms with E-state index < -0.39 is 4.92 Å². The van der Waals surface area contributed by atoms with Crippen molar-refractivity contribution in [2.45, 2.75) is 0 Å². The van der Waals surface area contributed by atoms with Gasteiger partial charge in [-0.25, -0.2) is 0 Å². The molecule has 0 fully saturated rings. The van der Waals surface area contributed by atoms with Gasteiger partial charge in [0.1, 0.15) is 5.75 Å². The Morgan fingerprint density at radius 2 is 1.86 bits per heavy atom. The average molecular weight is 346 g/mol. The van der Waals surface area contributed by atoms with E-state index in [-0.39, 0.29) is 17.2 Å². The van der Waals surface area contributed by atoms with Crippen molar-refractivity contribution in [2.24, 2.45) is 0 Å². The number of nitrogens with zero attached hydrogens (tertiary/aromatic N) is 1. The minimum atomic E-state index is -0.471. The first-order valence-electron chi connectivity index (χ1n) is 6.03. The van der Waals surface area contributed by atoms with Crippen LogP contribution in [0.4, 0.5) is 5.69 Å². The maximum absolute atomic E-state index is 12.2. The highest BCUT2D eigenvalue weighted by atomic mass is 79.9. The first kappa shape index (κ1) is 13.5. The van der Waals surface area contributed by atoms with Gasteiger partial charge in [-0.3, -0.25) is 14.9 Å². The summed E-state index contributed by atoms with van der Waals surface area (Å²) in [5.74, 6) is 0.512. The van der Waals surface area contributed by atoms with Crippen molar-refractivity contribution in [1.82, 2.24) is 0 Å². The highest BCUT2D eigenvalue weighted by molar-refractivity contribution is 9.10. The van der Waals surface area contributed by atoms with E-state index in [0.29, 0.717) is 16.9 Å². The third-order valence-corrected chi connectivity index (χ3v) is 3.52. The maximum atomic E-state index is 12.2. The number of ether oxygens (including phenoxy) is 1. The van der Waals surface area contributed by atoms with Crippen molar-refractivity contribution in [3.05, 3.63) is 73.9 Å². The predicted molar refractivity (Wildman–Crippen MR) is 80.2 cm³/mol. The van der Waals surface area contributed by atoms with Crippen molar-refractivity contribution in [3.8, 4) is 5.75 Å². The second-order valence-electron chi connectivity index (χ2n) is 4.43. The van der Waals surface area contributed by atoms with Gasteiger partial charge in [0.15, 0.2) is 5.76 Å². The second-order valence-corrected chi connectivity index (χ2v) is 5.34. The Morgan fingerprint density at radius 1 is 1.14 bits per heavy atom. The number of Topliss-reactive ketones (excluding diaryl/α,β-unsaturated/α-hetero) is 1. The maximum Gasteiger partial charge on any atom is 0.269 e. The number of ketones is 1. The second kappa shape index (κ2) is 5.14. The minimum Gasteiger partial charge on any atom is -0.452 e. The predicted octanol–water partition coefficient (Wildman–Crippen LogP) is 3.97. The van der Waals surface area contributed by atoms with Crippen LogP contribution in [0, 0.1) is 10.1 Å². The van der Waals surface area contributed by atoms with Crippen molar-refractivity contribution in [3.63, 3.8) is 0 Å². The fraction of sp³-hybridized carbons (Fsp3) is 0. The molecule has 0 aliphatic carbocycles. The van der Waals surface area contributed by atoms with Gasteiger partial charge in [-0.05, 0) is 42.0 Å². The van der Waals surface area contributed by atoms with Gasteiger partial charge in [0.25, 0.3) is 5.69 Å². The Kier molecular flexibility index (Phi) is 3.31. The Labute approximate surface area is 128 Å². The molecule has 2 aromatic rings. The van der Waals surface area contributed by atoms with Gasteiger partial charge in [-0.1, -0.05) is 15.9 Å². The number of allylic oxidation sites excluding steroid dienone is 1. The summed E-state index contributed by atoms with van der Waals surface area (Å²) in [5.41, 5.74) is 1.16. The lowest BCUT2D eigenvalue weighted by atomic mass is 10.1.